The van der Waals surface area contributed by atoms with Crippen molar-refractivity contribution in [3.05, 3.63) is 0 Å². The van der Waals surface area contributed by atoms with Gasteiger partial charge in [-0.2, -0.15) is 0 Å². The number of rotatable bonds is 4. The van der Waals surface area contributed by atoms with Crippen LogP contribution in [0.2, 0.25) is 0 Å². The van der Waals surface area contributed by atoms with Crippen LogP contribution in [0, 0.1) is 0 Å². The van der Waals surface area contributed by atoms with Gasteiger partial charge in [-0.3, -0.25) is 10.1 Å². The number of nitrogens with one attached hydrogen (secondary N) is 1. The van der Waals surface area contributed by atoms with Crippen LogP contribution in [0.4, 0.5) is 4.39 Å². The molecule has 2 N–H and O–H groups in total. The highest BCUT2D eigenvalue weighted by molar-refractivity contribution is 5.79. The number of aliphatic carboxylic acids is 1. The van der Waals surface area contributed by atoms with Gasteiger partial charge in [0.15, 0.2) is 0 Å². The molecule has 0 unspecified atom stereocenters. The first-order chi connectivity index (χ1) is 5.21. The fourth-order valence-electron chi connectivity index (χ4n) is 1.28. The Morgan fingerprint density at radius 1 is 1.64 bits per heavy atom. The summed E-state index contributed by atoms with van der Waals surface area (Å²) in [6, 6.07) is 0. The molecule has 1 saturated carbocycles. The first-order valence-corrected chi connectivity index (χ1v) is 3.76. The third-order valence-electron chi connectivity index (χ3n) is 2.17. The Bertz CT molecular complexity index is 157. The zero-order chi connectivity index (χ0) is 8.32. The lowest BCUT2D eigenvalue weighted by atomic mass is 9.77. The Hall–Kier alpha value is -0.640. The first kappa shape index (κ1) is 8.46. The highest BCUT2D eigenvalue weighted by Gasteiger charge is 2.43. The molecular formula is C7H12FNO2. The fraction of sp³-hybridized carbons (Fsp3) is 0.857. The Morgan fingerprint density at radius 3 is 2.55 bits per heavy atom. The van der Waals surface area contributed by atoms with Gasteiger partial charge in [-0.05, 0) is 19.3 Å². The van der Waals surface area contributed by atoms with Crippen molar-refractivity contribution < 1.29 is 14.3 Å². The highest BCUT2D eigenvalue weighted by Crippen LogP contribution is 2.31. The largest absolute Gasteiger partial charge is 0.480 e. The van der Waals surface area contributed by atoms with Gasteiger partial charge >= 0.3 is 5.97 Å². The summed E-state index contributed by atoms with van der Waals surface area (Å²) >= 11 is 0. The van der Waals surface area contributed by atoms with E-state index in [4.69, 9.17) is 5.11 Å². The van der Waals surface area contributed by atoms with E-state index in [0.717, 1.165) is 6.42 Å². The maximum absolute atomic E-state index is 11.7. The van der Waals surface area contributed by atoms with Gasteiger partial charge in [0, 0.05) is 6.54 Å². The molecule has 0 bridgehead atoms. The molecule has 1 rings (SSSR count). The van der Waals surface area contributed by atoms with Gasteiger partial charge in [0.05, 0.1) is 0 Å². The van der Waals surface area contributed by atoms with E-state index < -0.39 is 18.2 Å². The fourth-order valence-corrected chi connectivity index (χ4v) is 1.28. The van der Waals surface area contributed by atoms with Crippen LogP contribution < -0.4 is 5.32 Å². The van der Waals surface area contributed by atoms with Crippen LogP contribution in [0.5, 0.6) is 0 Å². The van der Waals surface area contributed by atoms with Gasteiger partial charge < -0.3 is 5.11 Å². The number of carbonyl (C=O) groups is 1. The van der Waals surface area contributed by atoms with E-state index in [1.165, 1.54) is 0 Å². The van der Waals surface area contributed by atoms with E-state index in [-0.39, 0.29) is 6.54 Å². The maximum Gasteiger partial charge on any atom is 0.323 e. The van der Waals surface area contributed by atoms with Crippen molar-refractivity contribution in [1.29, 1.82) is 0 Å². The van der Waals surface area contributed by atoms with E-state index in [2.05, 4.69) is 5.32 Å². The molecule has 1 aliphatic rings. The lowest BCUT2D eigenvalue weighted by Gasteiger charge is -2.38. The minimum atomic E-state index is -0.850. The molecular weight excluding hydrogens is 149 g/mol. The minimum absolute atomic E-state index is 0.145. The average Bonchev–Trinajstić information content (AvgIpc) is 1.85. The van der Waals surface area contributed by atoms with Crippen LogP contribution in [-0.2, 0) is 4.79 Å². The van der Waals surface area contributed by atoms with Crippen LogP contribution >= 0.6 is 0 Å². The Morgan fingerprint density at radius 2 is 2.27 bits per heavy atom. The molecule has 3 nitrogen and oxygen atoms in total. The van der Waals surface area contributed by atoms with Gasteiger partial charge in [-0.25, -0.2) is 4.39 Å². The molecule has 0 radical (unpaired) electrons. The summed E-state index contributed by atoms with van der Waals surface area (Å²) in [4.78, 5) is 10.6. The lowest BCUT2D eigenvalue weighted by Crippen LogP contribution is -2.57. The molecule has 0 atom stereocenters. The molecule has 1 aliphatic carbocycles. The second-order valence-electron chi connectivity index (χ2n) is 2.86. The SMILES string of the molecule is O=C(O)C1(NCCF)CCC1. The summed E-state index contributed by atoms with van der Waals surface area (Å²) in [6.45, 7) is -0.360. The van der Waals surface area contributed by atoms with E-state index in [1.54, 1.807) is 0 Å². The molecule has 0 heterocycles. The van der Waals surface area contributed by atoms with Crippen molar-refractivity contribution in [3.8, 4) is 0 Å². The second-order valence-corrected chi connectivity index (χ2v) is 2.86. The van der Waals surface area contributed by atoms with Gasteiger partial charge in [-0.15, -0.1) is 0 Å². The lowest BCUT2D eigenvalue weighted by molar-refractivity contribution is -0.148. The van der Waals surface area contributed by atoms with Crippen molar-refractivity contribution in [1.82, 2.24) is 5.32 Å². The van der Waals surface area contributed by atoms with Crippen LogP contribution in [0.1, 0.15) is 19.3 Å². The number of carboxylic acids is 1. The zero-order valence-corrected chi connectivity index (χ0v) is 6.27. The van der Waals surface area contributed by atoms with Crippen LogP contribution in [0.15, 0.2) is 0 Å². The van der Waals surface area contributed by atoms with Crippen LogP contribution in [0.25, 0.3) is 0 Å². The molecule has 0 amide bonds. The summed E-state index contributed by atoms with van der Waals surface area (Å²) < 4.78 is 11.7. The summed E-state index contributed by atoms with van der Waals surface area (Å²) in [7, 11) is 0. The molecule has 0 spiro atoms. The highest BCUT2D eigenvalue weighted by atomic mass is 19.1. The molecule has 0 aromatic carbocycles. The summed E-state index contributed by atoms with van der Waals surface area (Å²) in [5, 5.41) is 11.4. The maximum atomic E-state index is 11.7. The molecule has 11 heavy (non-hydrogen) atoms. The molecule has 0 saturated heterocycles. The first-order valence-electron chi connectivity index (χ1n) is 3.76. The van der Waals surface area contributed by atoms with Gasteiger partial charge in [0.25, 0.3) is 0 Å². The normalized spacial score (nSPS) is 20.8. The molecule has 0 aliphatic heterocycles. The predicted molar refractivity (Wildman–Crippen MR) is 38.2 cm³/mol. The van der Waals surface area contributed by atoms with Gasteiger partial charge in [-0.1, -0.05) is 0 Å². The van der Waals surface area contributed by atoms with E-state index in [9.17, 15) is 9.18 Å². The summed E-state index contributed by atoms with van der Waals surface area (Å²) in [5.41, 5.74) is -0.800. The topological polar surface area (TPSA) is 49.3 Å². The van der Waals surface area contributed by atoms with E-state index in [0.29, 0.717) is 12.8 Å². The number of alkyl halides is 1. The molecule has 64 valence electrons. The summed E-state index contributed by atoms with van der Waals surface area (Å²) in [5.74, 6) is -0.850. The number of hydrogen-bond acceptors (Lipinski definition) is 2. The number of hydrogen-bond donors (Lipinski definition) is 2. The van der Waals surface area contributed by atoms with Crippen molar-refractivity contribution in [2.75, 3.05) is 13.2 Å². The standard InChI is InChI=1S/C7H12FNO2/c8-4-5-9-7(6(10)11)2-1-3-7/h9H,1-5H2,(H,10,11). The second kappa shape index (κ2) is 3.17. The third kappa shape index (κ3) is 1.50. The van der Waals surface area contributed by atoms with Crippen molar-refractivity contribution in [3.63, 3.8) is 0 Å². The predicted octanol–water partition coefficient (Wildman–Crippen LogP) is 0.553. The smallest absolute Gasteiger partial charge is 0.323 e. The quantitative estimate of drug-likeness (QED) is 0.633. The van der Waals surface area contributed by atoms with Crippen molar-refractivity contribution in [2.24, 2.45) is 0 Å². The number of carboxylic acid groups (broad SMARTS) is 1. The monoisotopic (exact) mass is 161 g/mol. The third-order valence-corrected chi connectivity index (χ3v) is 2.17. The minimum Gasteiger partial charge on any atom is -0.480 e. The number of halogens is 1. The molecule has 0 aromatic rings. The van der Waals surface area contributed by atoms with Crippen molar-refractivity contribution in [2.45, 2.75) is 24.8 Å². The van der Waals surface area contributed by atoms with Crippen molar-refractivity contribution >= 4 is 5.97 Å². The van der Waals surface area contributed by atoms with Gasteiger partial charge in [0.1, 0.15) is 12.2 Å². The zero-order valence-electron chi connectivity index (χ0n) is 6.27. The average molecular weight is 161 g/mol. The van der Waals surface area contributed by atoms with E-state index in [1.807, 2.05) is 0 Å². The van der Waals surface area contributed by atoms with Crippen LogP contribution in [0.3, 0.4) is 0 Å². The Labute approximate surface area is 64.6 Å². The molecule has 0 aromatic heterocycles. The molecule has 1 fully saturated rings. The van der Waals surface area contributed by atoms with E-state index >= 15 is 0 Å². The van der Waals surface area contributed by atoms with Gasteiger partial charge in [0.2, 0.25) is 0 Å². The molecule has 4 heteroatoms. The Kier molecular flexibility index (Phi) is 2.44. The Balaban J connectivity index is 2.40. The summed E-state index contributed by atoms with van der Waals surface area (Å²) in [6.07, 6.45) is 2.18. The van der Waals surface area contributed by atoms with Crippen LogP contribution in [-0.4, -0.2) is 29.8 Å².